The molecule has 1 aliphatic rings. The summed E-state index contributed by atoms with van der Waals surface area (Å²) in [6.07, 6.45) is 1.83. The number of rotatable bonds is 3. The normalized spacial score (nSPS) is 20.6. The Balaban J connectivity index is 2.00. The lowest BCUT2D eigenvalue weighted by Crippen LogP contribution is -2.30. The van der Waals surface area contributed by atoms with Crippen molar-refractivity contribution in [3.05, 3.63) is 37.1 Å². The number of thiophene rings is 2. The standard InChI is InChI=1S/C13H14BrNO2S3/c1-9-12(8-13(14)19-9)20(16,17)15-6-2-4-10(15)11-5-3-7-18-11/h3,5,7-8,10H,2,4,6H2,1H3. The van der Waals surface area contributed by atoms with Gasteiger partial charge in [-0.1, -0.05) is 6.07 Å². The van der Waals surface area contributed by atoms with Gasteiger partial charge in [-0.15, -0.1) is 22.7 Å². The van der Waals surface area contributed by atoms with Gasteiger partial charge < -0.3 is 0 Å². The summed E-state index contributed by atoms with van der Waals surface area (Å²) in [4.78, 5) is 2.42. The summed E-state index contributed by atoms with van der Waals surface area (Å²) in [6, 6.07) is 5.73. The molecule has 0 amide bonds. The van der Waals surface area contributed by atoms with E-state index in [0.717, 1.165) is 26.4 Å². The summed E-state index contributed by atoms with van der Waals surface area (Å²) in [5.74, 6) is 0. The van der Waals surface area contributed by atoms with Crippen LogP contribution in [0.15, 0.2) is 32.3 Å². The van der Waals surface area contributed by atoms with Crippen molar-refractivity contribution in [2.24, 2.45) is 0 Å². The van der Waals surface area contributed by atoms with Crippen molar-refractivity contribution in [1.29, 1.82) is 0 Å². The zero-order valence-electron chi connectivity index (χ0n) is 10.9. The molecule has 2 aromatic heterocycles. The molecule has 108 valence electrons. The molecule has 1 aliphatic heterocycles. The van der Waals surface area contributed by atoms with Crippen LogP contribution in [0.2, 0.25) is 0 Å². The molecular weight excluding hydrogens is 378 g/mol. The highest BCUT2D eigenvalue weighted by atomic mass is 79.9. The first-order valence-electron chi connectivity index (χ1n) is 6.31. The molecule has 20 heavy (non-hydrogen) atoms. The maximum atomic E-state index is 12.9. The molecule has 0 N–H and O–H groups in total. The van der Waals surface area contributed by atoms with Crippen LogP contribution in [0.3, 0.4) is 0 Å². The van der Waals surface area contributed by atoms with E-state index in [1.807, 2.05) is 24.4 Å². The van der Waals surface area contributed by atoms with Gasteiger partial charge in [0, 0.05) is 16.3 Å². The van der Waals surface area contributed by atoms with Gasteiger partial charge in [0.05, 0.1) is 14.7 Å². The second kappa shape index (κ2) is 5.53. The summed E-state index contributed by atoms with van der Waals surface area (Å²) in [5.41, 5.74) is 0. The Morgan fingerprint density at radius 2 is 2.25 bits per heavy atom. The molecule has 1 saturated heterocycles. The molecule has 2 aromatic rings. The summed E-state index contributed by atoms with van der Waals surface area (Å²) in [7, 11) is -3.40. The van der Waals surface area contributed by atoms with Gasteiger partial charge in [-0.3, -0.25) is 0 Å². The average Bonchev–Trinajstić information content (AvgIpc) is 3.06. The minimum absolute atomic E-state index is 0.00178. The van der Waals surface area contributed by atoms with Gasteiger partial charge in [-0.25, -0.2) is 8.42 Å². The molecule has 0 aliphatic carbocycles. The highest BCUT2D eigenvalue weighted by Gasteiger charge is 2.37. The van der Waals surface area contributed by atoms with Crippen molar-refractivity contribution in [2.75, 3.05) is 6.54 Å². The third-order valence-corrected chi connectivity index (χ3v) is 8.19. The molecule has 0 spiro atoms. The lowest BCUT2D eigenvalue weighted by atomic mass is 10.2. The van der Waals surface area contributed by atoms with Crippen molar-refractivity contribution >= 4 is 48.6 Å². The quantitative estimate of drug-likeness (QED) is 0.776. The van der Waals surface area contributed by atoms with E-state index in [-0.39, 0.29) is 6.04 Å². The van der Waals surface area contributed by atoms with Crippen LogP contribution in [0.1, 0.15) is 28.6 Å². The van der Waals surface area contributed by atoms with Gasteiger partial charge in [0.1, 0.15) is 0 Å². The highest BCUT2D eigenvalue weighted by molar-refractivity contribution is 9.11. The molecule has 0 aromatic carbocycles. The Labute approximate surface area is 135 Å². The molecule has 3 heterocycles. The molecule has 0 radical (unpaired) electrons. The largest absolute Gasteiger partial charge is 0.244 e. The first-order chi connectivity index (χ1) is 9.50. The minimum atomic E-state index is -3.40. The molecule has 3 rings (SSSR count). The van der Waals surface area contributed by atoms with E-state index in [4.69, 9.17) is 0 Å². The maximum absolute atomic E-state index is 12.9. The zero-order chi connectivity index (χ0) is 14.3. The van der Waals surface area contributed by atoms with Gasteiger partial charge in [-0.2, -0.15) is 4.31 Å². The van der Waals surface area contributed by atoms with E-state index in [2.05, 4.69) is 15.9 Å². The van der Waals surface area contributed by atoms with Crippen LogP contribution in [0.25, 0.3) is 0 Å². The predicted octanol–water partition coefficient (Wildman–Crippen LogP) is 4.41. The number of sulfonamides is 1. The third-order valence-electron chi connectivity index (χ3n) is 3.50. The lowest BCUT2D eigenvalue weighted by molar-refractivity contribution is 0.401. The van der Waals surface area contributed by atoms with Crippen molar-refractivity contribution in [1.82, 2.24) is 4.31 Å². The van der Waals surface area contributed by atoms with E-state index >= 15 is 0 Å². The minimum Gasteiger partial charge on any atom is -0.207 e. The van der Waals surface area contributed by atoms with E-state index in [1.54, 1.807) is 21.7 Å². The number of halogens is 1. The molecule has 7 heteroatoms. The zero-order valence-corrected chi connectivity index (χ0v) is 14.9. The molecule has 1 atom stereocenters. The second-order valence-electron chi connectivity index (χ2n) is 4.76. The van der Waals surface area contributed by atoms with Crippen LogP contribution in [0, 0.1) is 6.92 Å². The summed E-state index contributed by atoms with van der Waals surface area (Å²) in [5, 5.41) is 2.00. The van der Waals surface area contributed by atoms with Crippen LogP contribution in [0.5, 0.6) is 0 Å². The molecule has 3 nitrogen and oxygen atoms in total. The topological polar surface area (TPSA) is 37.4 Å². The Hall–Kier alpha value is -0.210. The van der Waals surface area contributed by atoms with Crippen LogP contribution in [-0.2, 0) is 10.0 Å². The van der Waals surface area contributed by atoms with E-state index < -0.39 is 10.0 Å². The third kappa shape index (κ3) is 2.50. The fraction of sp³-hybridized carbons (Fsp3) is 0.385. The van der Waals surface area contributed by atoms with Crippen LogP contribution in [-0.4, -0.2) is 19.3 Å². The van der Waals surface area contributed by atoms with Crippen molar-refractivity contribution < 1.29 is 8.42 Å². The lowest BCUT2D eigenvalue weighted by Gasteiger charge is -2.23. The molecular formula is C13H14BrNO2S3. The molecule has 1 unspecified atom stereocenters. The van der Waals surface area contributed by atoms with Crippen LogP contribution in [0.4, 0.5) is 0 Å². The Morgan fingerprint density at radius 1 is 1.45 bits per heavy atom. The number of hydrogen-bond acceptors (Lipinski definition) is 4. The van der Waals surface area contributed by atoms with E-state index in [9.17, 15) is 8.42 Å². The van der Waals surface area contributed by atoms with Gasteiger partial charge in [0.15, 0.2) is 0 Å². The number of aryl methyl sites for hydroxylation is 1. The second-order valence-corrected chi connectivity index (χ2v) is 10.2. The summed E-state index contributed by atoms with van der Waals surface area (Å²) >= 11 is 6.47. The van der Waals surface area contributed by atoms with Gasteiger partial charge >= 0.3 is 0 Å². The smallest absolute Gasteiger partial charge is 0.207 e. The number of nitrogens with zero attached hydrogens (tertiary/aromatic N) is 1. The SMILES string of the molecule is Cc1sc(Br)cc1S(=O)(=O)N1CCCC1c1cccs1. The van der Waals surface area contributed by atoms with Gasteiger partial charge in [-0.05, 0) is 53.2 Å². The van der Waals surface area contributed by atoms with E-state index in [0.29, 0.717) is 11.4 Å². The molecule has 1 fully saturated rings. The Bertz CT molecular complexity index is 706. The highest BCUT2D eigenvalue weighted by Crippen LogP contribution is 2.40. The van der Waals surface area contributed by atoms with Crippen molar-refractivity contribution in [3.63, 3.8) is 0 Å². The first kappa shape index (κ1) is 14.7. The van der Waals surface area contributed by atoms with Crippen molar-refractivity contribution in [2.45, 2.75) is 30.7 Å². The Kier molecular flexibility index (Phi) is 4.07. The predicted molar refractivity (Wildman–Crippen MR) is 86.9 cm³/mol. The number of hydrogen-bond donors (Lipinski definition) is 0. The monoisotopic (exact) mass is 391 g/mol. The van der Waals surface area contributed by atoms with Gasteiger partial charge in [0.25, 0.3) is 0 Å². The fourth-order valence-electron chi connectivity index (χ4n) is 2.61. The first-order valence-corrected chi connectivity index (χ1v) is 10.2. The van der Waals surface area contributed by atoms with Crippen LogP contribution < -0.4 is 0 Å². The Morgan fingerprint density at radius 3 is 2.85 bits per heavy atom. The molecule has 0 saturated carbocycles. The van der Waals surface area contributed by atoms with Gasteiger partial charge in [0.2, 0.25) is 10.0 Å². The fourth-order valence-corrected chi connectivity index (χ4v) is 7.61. The van der Waals surface area contributed by atoms with E-state index in [1.165, 1.54) is 11.3 Å². The van der Waals surface area contributed by atoms with Crippen LogP contribution >= 0.6 is 38.6 Å². The van der Waals surface area contributed by atoms with Crippen molar-refractivity contribution in [3.8, 4) is 0 Å². The summed E-state index contributed by atoms with van der Waals surface area (Å²) in [6.45, 7) is 2.47. The maximum Gasteiger partial charge on any atom is 0.244 e. The summed E-state index contributed by atoms with van der Waals surface area (Å²) < 4.78 is 28.3. The molecule has 0 bridgehead atoms. The average molecular weight is 392 g/mol.